The maximum Gasteiger partial charge on any atom is 0.668 e. The topological polar surface area (TPSA) is 80.9 Å². The molecule has 0 saturated carbocycles. The molecule has 0 aromatic rings. The molecule has 0 spiro atoms. The van der Waals surface area contributed by atoms with Crippen molar-refractivity contribution < 1.29 is 19.2 Å². The van der Waals surface area contributed by atoms with Gasteiger partial charge in [-0.2, -0.15) is 0 Å². The smallest absolute Gasteiger partial charge is 0.368 e. The van der Waals surface area contributed by atoms with Gasteiger partial charge in [-0.1, -0.05) is 6.92 Å². The van der Waals surface area contributed by atoms with Crippen LogP contribution in [0.1, 0.15) is 6.92 Å². The average Bonchev–Trinajstić information content (AvgIpc) is 1.27. The SMILES string of the molecule is CCCl.O[Si](O)(O)O. The van der Waals surface area contributed by atoms with Crippen molar-refractivity contribution in [2.24, 2.45) is 0 Å². The second kappa shape index (κ2) is 5.48. The summed E-state index contributed by atoms with van der Waals surface area (Å²) in [6.07, 6.45) is 0. The van der Waals surface area contributed by atoms with E-state index >= 15 is 0 Å². The lowest BCUT2D eigenvalue weighted by Crippen LogP contribution is -2.33. The van der Waals surface area contributed by atoms with Gasteiger partial charge in [0.1, 0.15) is 0 Å². The molecule has 0 fully saturated rings. The molecule has 0 radical (unpaired) electrons. The summed E-state index contributed by atoms with van der Waals surface area (Å²) in [5, 5.41) is 0. The molecule has 0 aliphatic heterocycles. The summed E-state index contributed by atoms with van der Waals surface area (Å²) in [6, 6.07) is 0. The molecule has 0 aromatic carbocycles. The molecule has 0 saturated heterocycles. The van der Waals surface area contributed by atoms with Crippen molar-refractivity contribution in [3.63, 3.8) is 0 Å². The van der Waals surface area contributed by atoms with Crippen LogP contribution in [0.5, 0.6) is 0 Å². The van der Waals surface area contributed by atoms with Crippen LogP contribution in [0, 0.1) is 0 Å². The molecule has 0 heterocycles. The maximum atomic E-state index is 7.33. The monoisotopic (exact) mass is 160 g/mol. The zero-order valence-corrected chi connectivity index (χ0v) is 6.13. The fourth-order valence-corrected chi connectivity index (χ4v) is 0. The largest absolute Gasteiger partial charge is 0.668 e. The van der Waals surface area contributed by atoms with E-state index in [0.717, 1.165) is 5.88 Å². The third-order valence-corrected chi connectivity index (χ3v) is 0. The number of rotatable bonds is 0. The lowest BCUT2D eigenvalue weighted by molar-refractivity contribution is 0.117. The van der Waals surface area contributed by atoms with Crippen LogP contribution in [0.3, 0.4) is 0 Å². The Labute approximate surface area is 53.5 Å². The Balaban J connectivity index is 0. The van der Waals surface area contributed by atoms with Gasteiger partial charge in [0, 0.05) is 5.88 Å². The van der Waals surface area contributed by atoms with Crippen molar-refractivity contribution in [2.45, 2.75) is 6.92 Å². The molecule has 6 heteroatoms. The van der Waals surface area contributed by atoms with Gasteiger partial charge in [-0.15, -0.1) is 11.6 Å². The van der Waals surface area contributed by atoms with Gasteiger partial charge in [-0.05, 0) is 0 Å². The lowest BCUT2D eigenvalue weighted by Gasteiger charge is -1.91. The fraction of sp³-hybridized carbons (Fsp3) is 1.00. The molecular weight excluding hydrogens is 152 g/mol. The highest BCUT2D eigenvalue weighted by atomic mass is 35.5. The second-order valence-corrected chi connectivity index (χ2v) is 2.60. The van der Waals surface area contributed by atoms with Crippen LogP contribution in [0.15, 0.2) is 0 Å². The minimum absolute atomic E-state index is 0.722. The molecule has 0 unspecified atom stereocenters. The lowest BCUT2D eigenvalue weighted by atomic mass is 11.0. The van der Waals surface area contributed by atoms with Crippen LogP contribution in [0.25, 0.3) is 0 Å². The molecule has 4 N–H and O–H groups in total. The van der Waals surface area contributed by atoms with E-state index < -0.39 is 9.05 Å². The molecule has 0 rings (SSSR count). The highest BCUT2D eigenvalue weighted by Crippen LogP contribution is 1.67. The fourth-order valence-electron chi connectivity index (χ4n) is 0. The molecule has 0 aromatic heterocycles. The zero-order chi connectivity index (χ0) is 7.21. The van der Waals surface area contributed by atoms with E-state index in [9.17, 15) is 0 Å². The molecule has 0 aliphatic rings. The maximum absolute atomic E-state index is 7.33. The van der Waals surface area contributed by atoms with E-state index in [1.165, 1.54) is 0 Å². The third-order valence-electron chi connectivity index (χ3n) is 0. The predicted molar refractivity (Wildman–Crippen MR) is 31.0 cm³/mol. The molecule has 0 bridgehead atoms. The first kappa shape index (κ1) is 11.2. The minimum Gasteiger partial charge on any atom is -0.368 e. The summed E-state index contributed by atoms with van der Waals surface area (Å²) < 4.78 is 0. The van der Waals surface area contributed by atoms with E-state index in [-0.39, 0.29) is 0 Å². The van der Waals surface area contributed by atoms with Gasteiger partial charge in [0.25, 0.3) is 0 Å². The zero-order valence-electron chi connectivity index (χ0n) is 4.37. The van der Waals surface area contributed by atoms with Crippen LogP contribution in [0.4, 0.5) is 0 Å². The number of hydrogen-bond acceptors (Lipinski definition) is 4. The number of alkyl halides is 1. The van der Waals surface area contributed by atoms with E-state index in [1.54, 1.807) is 0 Å². The van der Waals surface area contributed by atoms with E-state index in [4.69, 9.17) is 30.8 Å². The van der Waals surface area contributed by atoms with Crippen LogP contribution in [0.2, 0.25) is 0 Å². The van der Waals surface area contributed by atoms with E-state index in [0.29, 0.717) is 0 Å². The van der Waals surface area contributed by atoms with Crippen LogP contribution in [-0.2, 0) is 0 Å². The van der Waals surface area contributed by atoms with Gasteiger partial charge in [-0.25, -0.2) is 0 Å². The molecule has 0 amide bonds. The number of halogens is 1. The van der Waals surface area contributed by atoms with Crippen LogP contribution in [-0.4, -0.2) is 34.1 Å². The molecule has 0 aliphatic carbocycles. The van der Waals surface area contributed by atoms with Gasteiger partial charge in [0.05, 0.1) is 0 Å². The van der Waals surface area contributed by atoms with Crippen LogP contribution < -0.4 is 0 Å². The van der Waals surface area contributed by atoms with Gasteiger partial charge in [0.2, 0.25) is 0 Å². The summed E-state index contributed by atoms with van der Waals surface area (Å²) in [4.78, 5) is 29.3. The summed E-state index contributed by atoms with van der Waals surface area (Å²) in [5.41, 5.74) is 0. The van der Waals surface area contributed by atoms with Crippen molar-refractivity contribution in [1.29, 1.82) is 0 Å². The van der Waals surface area contributed by atoms with Crippen molar-refractivity contribution in [3.8, 4) is 0 Å². The van der Waals surface area contributed by atoms with Crippen LogP contribution >= 0.6 is 11.6 Å². The Morgan fingerprint density at radius 2 is 1.25 bits per heavy atom. The van der Waals surface area contributed by atoms with Crippen molar-refractivity contribution >= 4 is 20.6 Å². The predicted octanol–water partition coefficient (Wildman–Crippen LogP) is -1.36. The first-order valence-electron chi connectivity index (χ1n) is 1.87. The molecule has 0 atom stereocenters. The average molecular weight is 161 g/mol. The van der Waals surface area contributed by atoms with E-state index in [2.05, 4.69) is 0 Å². The van der Waals surface area contributed by atoms with Crippen molar-refractivity contribution in [1.82, 2.24) is 0 Å². The molecular formula is C2H9ClO4Si. The number of hydrogen-bond donors (Lipinski definition) is 4. The van der Waals surface area contributed by atoms with Crippen molar-refractivity contribution in [2.75, 3.05) is 5.88 Å². The Morgan fingerprint density at radius 1 is 1.25 bits per heavy atom. The highest BCUT2D eigenvalue weighted by Gasteiger charge is 2.22. The third kappa shape index (κ3) is 1510. The van der Waals surface area contributed by atoms with Gasteiger partial charge >= 0.3 is 9.05 Å². The normalized spacial score (nSPS) is 9.75. The highest BCUT2D eigenvalue weighted by molar-refractivity contribution is 6.46. The Hall–Kier alpha value is 0.347. The van der Waals surface area contributed by atoms with Crippen molar-refractivity contribution in [3.05, 3.63) is 0 Å². The van der Waals surface area contributed by atoms with Gasteiger partial charge in [-0.3, -0.25) is 0 Å². The molecule has 52 valence electrons. The summed E-state index contributed by atoms with van der Waals surface area (Å²) >= 11 is 5.00. The Morgan fingerprint density at radius 3 is 1.25 bits per heavy atom. The van der Waals surface area contributed by atoms with E-state index in [1.807, 2.05) is 6.92 Å². The standard InChI is InChI=1S/C2H5Cl.H4O4Si/c1-2-3;1-5(2,3)4/h2H2,1H3;1-4H. The quantitative estimate of drug-likeness (QED) is 0.261. The Bertz CT molecular complexity index is 37.8. The Kier molecular flexibility index (Phi) is 7.67. The summed E-state index contributed by atoms with van der Waals surface area (Å²) in [5.74, 6) is 0.722. The second-order valence-electron chi connectivity index (χ2n) is 0.867. The summed E-state index contributed by atoms with van der Waals surface area (Å²) in [6.45, 7) is 1.89. The van der Waals surface area contributed by atoms with Gasteiger partial charge < -0.3 is 19.2 Å². The molecule has 4 nitrogen and oxygen atoms in total. The first-order valence-corrected chi connectivity index (χ1v) is 4.19. The first-order chi connectivity index (χ1) is 3.41. The summed E-state index contributed by atoms with van der Waals surface area (Å²) in [7, 11) is -4.61. The molecule has 8 heavy (non-hydrogen) atoms. The van der Waals surface area contributed by atoms with Gasteiger partial charge in [0.15, 0.2) is 0 Å². The minimum atomic E-state index is -4.61.